The third-order valence-corrected chi connectivity index (χ3v) is 5.64. The highest BCUT2D eigenvalue weighted by Gasteiger charge is 2.39. The topological polar surface area (TPSA) is 60.2 Å². The van der Waals surface area contributed by atoms with Gasteiger partial charge in [-0.2, -0.15) is 10.1 Å². The van der Waals surface area contributed by atoms with Crippen molar-refractivity contribution in [3.8, 4) is 5.75 Å². The van der Waals surface area contributed by atoms with Crippen molar-refractivity contribution in [2.45, 2.75) is 45.7 Å². The molecule has 156 valence electrons. The monoisotopic (exact) mass is 404 g/mol. The summed E-state index contributed by atoms with van der Waals surface area (Å²) in [4.78, 5) is 19.6. The quantitative estimate of drug-likeness (QED) is 0.618. The predicted molar refractivity (Wildman–Crippen MR) is 117 cm³/mol. The number of hydrogen-bond acceptors (Lipinski definition) is 4. The van der Waals surface area contributed by atoms with E-state index in [1.807, 2.05) is 33.8 Å². The van der Waals surface area contributed by atoms with E-state index in [-0.39, 0.29) is 23.9 Å². The number of rotatable bonds is 5. The van der Waals surface area contributed by atoms with Gasteiger partial charge in [0.1, 0.15) is 12.1 Å². The molecule has 1 amide bonds. The van der Waals surface area contributed by atoms with Crippen molar-refractivity contribution in [3.63, 3.8) is 0 Å². The van der Waals surface area contributed by atoms with Crippen LogP contribution in [0.4, 0.5) is 5.95 Å². The lowest BCUT2D eigenvalue weighted by atomic mass is 9.91. The number of fused-ring (bicyclic) bond motifs is 1. The van der Waals surface area contributed by atoms with Gasteiger partial charge in [-0.1, -0.05) is 55.8 Å². The van der Waals surface area contributed by atoms with E-state index in [1.165, 1.54) is 11.1 Å². The van der Waals surface area contributed by atoms with Crippen LogP contribution in [0.2, 0.25) is 0 Å². The number of amides is 1. The first-order valence-corrected chi connectivity index (χ1v) is 10.4. The van der Waals surface area contributed by atoms with E-state index in [1.54, 1.807) is 13.4 Å². The van der Waals surface area contributed by atoms with E-state index in [9.17, 15) is 4.79 Å². The smallest absolute Gasteiger partial charge is 0.231 e. The van der Waals surface area contributed by atoms with Gasteiger partial charge in [-0.3, -0.25) is 9.69 Å². The lowest BCUT2D eigenvalue weighted by Gasteiger charge is -2.39. The Balaban J connectivity index is 1.80. The van der Waals surface area contributed by atoms with Crippen LogP contribution in [-0.4, -0.2) is 27.8 Å². The van der Waals surface area contributed by atoms with Gasteiger partial charge in [0.15, 0.2) is 0 Å². The number of aryl methyl sites for hydroxylation is 1. The highest BCUT2D eigenvalue weighted by atomic mass is 16.5. The van der Waals surface area contributed by atoms with Crippen LogP contribution in [-0.2, 0) is 4.79 Å². The van der Waals surface area contributed by atoms with Crippen LogP contribution in [0.3, 0.4) is 0 Å². The SMILES string of the molecule is COc1ccc([C@H]2C[C@@H](c3ccc(C)cc3)n3ncnc3N2C(=O)CC(C)C)cc1. The van der Waals surface area contributed by atoms with Gasteiger partial charge >= 0.3 is 0 Å². The first-order valence-electron chi connectivity index (χ1n) is 10.4. The third kappa shape index (κ3) is 3.82. The van der Waals surface area contributed by atoms with Crippen molar-refractivity contribution in [1.82, 2.24) is 14.8 Å². The van der Waals surface area contributed by atoms with E-state index < -0.39 is 0 Å². The van der Waals surface area contributed by atoms with Gasteiger partial charge < -0.3 is 4.74 Å². The summed E-state index contributed by atoms with van der Waals surface area (Å²) in [6.07, 6.45) is 2.74. The zero-order chi connectivity index (χ0) is 21.3. The van der Waals surface area contributed by atoms with Crippen molar-refractivity contribution in [3.05, 3.63) is 71.5 Å². The molecule has 6 heteroatoms. The maximum absolute atomic E-state index is 13.3. The zero-order valence-corrected chi connectivity index (χ0v) is 17.9. The van der Waals surface area contributed by atoms with Crippen molar-refractivity contribution in [1.29, 1.82) is 0 Å². The number of carbonyl (C=O) groups excluding carboxylic acids is 1. The number of methoxy groups -OCH3 is 1. The first kappa shape index (κ1) is 20.1. The maximum Gasteiger partial charge on any atom is 0.231 e. The fourth-order valence-corrected chi connectivity index (χ4v) is 4.10. The first-order chi connectivity index (χ1) is 14.5. The molecule has 2 heterocycles. The molecule has 4 rings (SSSR count). The number of hydrogen-bond donors (Lipinski definition) is 0. The standard InChI is InChI=1S/C24H28N4O2/c1-16(2)13-23(29)27-21(18-9-11-20(30-4)12-10-18)14-22(28-24(27)25-15-26-28)19-7-5-17(3)6-8-19/h5-12,15-16,21-22H,13-14H2,1-4H3/t21-,22+/m1/s1. The third-order valence-electron chi connectivity index (χ3n) is 5.64. The molecule has 0 bridgehead atoms. The molecule has 6 nitrogen and oxygen atoms in total. The van der Waals surface area contributed by atoms with Gasteiger partial charge in [0.25, 0.3) is 0 Å². The van der Waals surface area contributed by atoms with E-state index in [0.29, 0.717) is 12.4 Å². The van der Waals surface area contributed by atoms with Crippen LogP contribution in [0.5, 0.6) is 5.75 Å². The van der Waals surface area contributed by atoms with Gasteiger partial charge in [0, 0.05) is 6.42 Å². The van der Waals surface area contributed by atoms with E-state index in [4.69, 9.17) is 4.74 Å². The second kappa shape index (κ2) is 8.30. The van der Waals surface area contributed by atoms with Crippen LogP contribution >= 0.6 is 0 Å². The Morgan fingerprint density at radius 1 is 1.07 bits per heavy atom. The Kier molecular flexibility index (Phi) is 5.57. The molecule has 0 unspecified atom stereocenters. The summed E-state index contributed by atoms with van der Waals surface area (Å²) in [6, 6.07) is 16.4. The van der Waals surface area contributed by atoms with Crippen LogP contribution in [0, 0.1) is 12.8 Å². The Morgan fingerprint density at radius 2 is 1.70 bits per heavy atom. The average Bonchev–Trinajstić information content (AvgIpc) is 3.22. The fourth-order valence-electron chi connectivity index (χ4n) is 4.10. The Labute approximate surface area is 177 Å². The molecule has 3 aromatic rings. The number of anilines is 1. The fraction of sp³-hybridized carbons (Fsp3) is 0.375. The second-order valence-corrected chi connectivity index (χ2v) is 8.32. The van der Waals surface area contributed by atoms with Crippen molar-refractivity contribution >= 4 is 11.9 Å². The molecule has 2 atom stereocenters. The molecular formula is C24H28N4O2. The summed E-state index contributed by atoms with van der Waals surface area (Å²) >= 11 is 0. The predicted octanol–water partition coefficient (Wildman–Crippen LogP) is 4.71. The average molecular weight is 405 g/mol. The number of benzene rings is 2. The Morgan fingerprint density at radius 3 is 2.33 bits per heavy atom. The van der Waals surface area contributed by atoms with Gasteiger partial charge in [0.2, 0.25) is 11.9 Å². The summed E-state index contributed by atoms with van der Waals surface area (Å²) < 4.78 is 7.21. The van der Waals surface area contributed by atoms with Gasteiger partial charge in [-0.25, -0.2) is 4.68 Å². The molecule has 0 fully saturated rings. The van der Waals surface area contributed by atoms with Gasteiger partial charge in [0.05, 0.1) is 19.2 Å². The Hall–Kier alpha value is -3.15. The lowest BCUT2D eigenvalue weighted by molar-refractivity contribution is -0.120. The largest absolute Gasteiger partial charge is 0.497 e. The molecule has 2 aromatic carbocycles. The number of carbonyl (C=O) groups is 1. The minimum Gasteiger partial charge on any atom is -0.497 e. The number of ether oxygens (including phenoxy) is 1. The molecular weight excluding hydrogens is 376 g/mol. The van der Waals surface area contributed by atoms with Crippen molar-refractivity contribution in [2.75, 3.05) is 12.0 Å². The molecule has 1 aromatic heterocycles. The molecule has 1 aliphatic rings. The summed E-state index contributed by atoms with van der Waals surface area (Å²) in [5.74, 6) is 1.74. The van der Waals surface area contributed by atoms with Crippen molar-refractivity contribution in [2.24, 2.45) is 5.92 Å². The molecule has 0 radical (unpaired) electrons. The van der Waals surface area contributed by atoms with Crippen molar-refractivity contribution < 1.29 is 9.53 Å². The van der Waals surface area contributed by atoms with E-state index in [0.717, 1.165) is 17.7 Å². The molecule has 1 aliphatic heterocycles. The summed E-state index contributed by atoms with van der Waals surface area (Å²) in [5, 5.41) is 4.50. The molecule has 0 spiro atoms. The van der Waals surface area contributed by atoms with Gasteiger partial charge in [-0.15, -0.1) is 0 Å². The zero-order valence-electron chi connectivity index (χ0n) is 17.9. The summed E-state index contributed by atoms with van der Waals surface area (Å²) in [5.41, 5.74) is 3.45. The summed E-state index contributed by atoms with van der Waals surface area (Å²) in [7, 11) is 1.66. The maximum atomic E-state index is 13.3. The van der Waals surface area contributed by atoms with E-state index in [2.05, 4.69) is 55.1 Å². The van der Waals surface area contributed by atoms with Crippen LogP contribution < -0.4 is 9.64 Å². The highest BCUT2D eigenvalue weighted by molar-refractivity contribution is 5.93. The lowest BCUT2D eigenvalue weighted by Crippen LogP contribution is -2.43. The molecule has 0 saturated carbocycles. The number of aromatic nitrogens is 3. The molecule has 0 N–H and O–H groups in total. The highest BCUT2D eigenvalue weighted by Crippen LogP contribution is 2.42. The molecule has 30 heavy (non-hydrogen) atoms. The van der Waals surface area contributed by atoms with Crippen LogP contribution in [0.15, 0.2) is 54.9 Å². The van der Waals surface area contributed by atoms with E-state index >= 15 is 0 Å². The molecule has 0 saturated heterocycles. The minimum atomic E-state index is -0.120. The van der Waals surface area contributed by atoms with Crippen LogP contribution in [0.1, 0.15) is 55.5 Å². The second-order valence-electron chi connectivity index (χ2n) is 8.32. The van der Waals surface area contributed by atoms with Gasteiger partial charge in [-0.05, 0) is 42.5 Å². The number of nitrogens with zero attached hydrogens (tertiary/aromatic N) is 4. The molecule has 0 aliphatic carbocycles. The summed E-state index contributed by atoms with van der Waals surface area (Å²) in [6.45, 7) is 6.20. The minimum absolute atomic E-state index is 0.0123. The van der Waals surface area contributed by atoms with Crippen LogP contribution in [0.25, 0.3) is 0 Å². The normalized spacial score (nSPS) is 18.4. The Bertz CT molecular complexity index is 1010.